The largest absolute Gasteiger partial charge is 0.506 e. The molecule has 7 heteroatoms. The van der Waals surface area contributed by atoms with Crippen LogP contribution in [0.2, 0.25) is 0 Å². The minimum atomic E-state index is -3.10. The summed E-state index contributed by atoms with van der Waals surface area (Å²) >= 11 is 0. The predicted molar refractivity (Wildman–Crippen MR) is 60.4 cm³/mol. The molecular weight excluding hydrogens is 242 g/mol. The fraction of sp³-hybridized carbons (Fsp3) is 0.400. The summed E-state index contributed by atoms with van der Waals surface area (Å²) in [6.45, 7) is 0. The third kappa shape index (κ3) is 1.66. The van der Waals surface area contributed by atoms with Crippen molar-refractivity contribution in [1.29, 1.82) is 0 Å². The standard InChI is InChI=1S/C10H11N3O3S/c14-7-3-4-9-11-10(12-13(9)6-7)8-2-1-5-17(8,15)16/h3-4,6,8,14H,1-2,5H2. The maximum Gasteiger partial charge on any atom is 0.169 e. The zero-order valence-corrected chi connectivity index (χ0v) is 9.76. The number of rotatable bonds is 1. The Kier molecular flexibility index (Phi) is 2.12. The molecule has 0 spiro atoms. The maximum atomic E-state index is 11.8. The van der Waals surface area contributed by atoms with E-state index in [1.807, 2.05) is 0 Å². The molecule has 0 radical (unpaired) electrons. The van der Waals surface area contributed by atoms with Crippen LogP contribution < -0.4 is 0 Å². The van der Waals surface area contributed by atoms with Crippen molar-refractivity contribution in [3.8, 4) is 5.75 Å². The summed E-state index contributed by atoms with van der Waals surface area (Å²) < 4.78 is 24.9. The Hall–Kier alpha value is -1.63. The average Bonchev–Trinajstić information content (AvgIpc) is 2.79. The Morgan fingerprint density at radius 2 is 2.24 bits per heavy atom. The van der Waals surface area contributed by atoms with Crippen LogP contribution in [0.3, 0.4) is 0 Å². The van der Waals surface area contributed by atoms with Crippen molar-refractivity contribution in [2.24, 2.45) is 0 Å². The minimum Gasteiger partial charge on any atom is -0.506 e. The van der Waals surface area contributed by atoms with Crippen molar-refractivity contribution in [2.45, 2.75) is 18.1 Å². The molecule has 0 bridgehead atoms. The van der Waals surface area contributed by atoms with Gasteiger partial charge in [0.2, 0.25) is 0 Å². The summed E-state index contributed by atoms with van der Waals surface area (Å²) in [5.41, 5.74) is 0.542. The van der Waals surface area contributed by atoms with Crippen LogP contribution in [0.4, 0.5) is 0 Å². The van der Waals surface area contributed by atoms with Gasteiger partial charge in [-0.1, -0.05) is 0 Å². The van der Waals surface area contributed by atoms with Gasteiger partial charge in [0.1, 0.15) is 11.0 Å². The lowest BCUT2D eigenvalue weighted by atomic mass is 10.2. The molecule has 2 aromatic rings. The zero-order valence-electron chi connectivity index (χ0n) is 8.94. The van der Waals surface area contributed by atoms with Gasteiger partial charge in [-0.05, 0) is 25.0 Å². The van der Waals surface area contributed by atoms with Crippen LogP contribution in [0.1, 0.15) is 23.9 Å². The van der Waals surface area contributed by atoms with Gasteiger partial charge in [0.25, 0.3) is 0 Å². The van der Waals surface area contributed by atoms with Gasteiger partial charge >= 0.3 is 0 Å². The van der Waals surface area contributed by atoms with Gasteiger partial charge < -0.3 is 5.11 Å². The summed E-state index contributed by atoms with van der Waals surface area (Å²) in [5.74, 6) is 0.606. The highest BCUT2D eigenvalue weighted by Gasteiger charge is 2.35. The highest BCUT2D eigenvalue weighted by atomic mass is 32.2. The molecule has 17 heavy (non-hydrogen) atoms. The highest BCUT2D eigenvalue weighted by Crippen LogP contribution is 2.32. The second-order valence-electron chi connectivity index (χ2n) is 4.16. The van der Waals surface area contributed by atoms with E-state index in [1.54, 1.807) is 6.07 Å². The van der Waals surface area contributed by atoms with Crippen LogP contribution in [-0.4, -0.2) is 33.9 Å². The Balaban J connectivity index is 2.12. The summed E-state index contributed by atoms with van der Waals surface area (Å²) in [7, 11) is -3.10. The third-order valence-electron chi connectivity index (χ3n) is 2.95. The van der Waals surface area contributed by atoms with Gasteiger partial charge in [-0.3, -0.25) is 0 Å². The van der Waals surface area contributed by atoms with Crippen LogP contribution in [0.25, 0.3) is 5.65 Å². The van der Waals surface area contributed by atoms with Crippen LogP contribution in [0, 0.1) is 0 Å². The maximum absolute atomic E-state index is 11.8. The van der Waals surface area contributed by atoms with E-state index in [1.165, 1.54) is 16.8 Å². The first-order valence-electron chi connectivity index (χ1n) is 5.33. The van der Waals surface area contributed by atoms with E-state index in [-0.39, 0.29) is 11.5 Å². The van der Waals surface area contributed by atoms with Gasteiger partial charge in [0.15, 0.2) is 21.3 Å². The van der Waals surface area contributed by atoms with Crippen molar-refractivity contribution in [3.63, 3.8) is 0 Å². The second-order valence-corrected chi connectivity index (χ2v) is 6.46. The Bertz CT molecular complexity index is 677. The number of aromatic nitrogens is 3. The topological polar surface area (TPSA) is 84.6 Å². The van der Waals surface area contributed by atoms with E-state index in [4.69, 9.17) is 0 Å². The Labute approximate surface area is 97.8 Å². The lowest BCUT2D eigenvalue weighted by Crippen LogP contribution is -2.09. The number of fused-ring (bicyclic) bond motifs is 1. The highest BCUT2D eigenvalue weighted by molar-refractivity contribution is 7.91. The van der Waals surface area contributed by atoms with Crippen molar-refractivity contribution >= 4 is 15.5 Å². The van der Waals surface area contributed by atoms with Crippen molar-refractivity contribution < 1.29 is 13.5 Å². The molecule has 0 aliphatic carbocycles. The first-order valence-corrected chi connectivity index (χ1v) is 7.05. The van der Waals surface area contributed by atoms with Gasteiger partial charge in [0.05, 0.1) is 11.9 Å². The molecule has 90 valence electrons. The molecule has 0 aromatic carbocycles. The van der Waals surface area contributed by atoms with E-state index >= 15 is 0 Å². The van der Waals surface area contributed by atoms with Gasteiger partial charge in [-0.2, -0.15) is 0 Å². The molecule has 6 nitrogen and oxygen atoms in total. The SMILES string of the molecule is O=S1(=O)CCCC1c1nc2ccc(O)cn2n1. The molecule has 1 aliphatic rings. The van der Waals surface area contributed by atoms with Crippen LogP contribution in [0.5, 0.6) is 5.75 Å². The van der Waals surface area contributed by atoms with E-state index < -0.39 is 15.1 Å². The number of hydrogen-bond acceptors (Lipinski definition) is 5. The molecule has 1 aliphatic heterocycles. The van der Waals surface area contributed by atoms with E-state index in [2.05, 4.69) is 10.1 Å². The van der Waals surface area contributed by atoms with Crippen LogP contribution in [0.15, 0.2) is 18.3 Å². The van der Waals surface area contributed by atoms with E-state index in [9.17, 15) is 13.5 Å². The number of hydrogen-bond donors (Lipinski definition) is 1. The molecule has 3 heterocycles. The van der Waals surface area contributed by atoms with Crippen molar-refractivity contribution in [2.75, 3.05) is 5.75 Å². The second kappa shape index (κ2) is 3.43. The fourth-order valence-corrected chi connectivity index (χ4v) is 3.91. The Morgan fingerprint density at radius 3 is 2.94 bits per heavy atom. The smallest absolute Gasteiger partial charge is 0.169 e. The number of pyridine rings is 1. The number of sulfone groups is 1. The molecule has 0 saturated carbocycles. The monoisotopic (exact) mass is 253 g/mol. The van der Waals surface area contributed by atoms with Gasteiger partial charge in [0, 0.05) is 0 Å². The van der Waals surface area contributed by atoms with Crippen molar-refractivity contribution in [1.82, 2.24) is 14.6 Å². The summed E-state index contributed by atoms with van der Waals surface area (Å²) in [6, 6.07) is 3.10. The summed E-state index contributed by atoms with van der Waals surface area (Å²) in [6.07, 6.45) is 2.65. The lowest BCUT2D eigenvalue weighted by molar-refractivity contribution is 0.470. The van der Waals surface area contributed by atoms with Gasteiger partial charge in [-0.25, -0.2) is 17.9 Å². The lowest BCUT2D eigenvalue weighted by Gasteiger charge is -2.02. The molecule has 1 atom stereocenters. The Morgan fingerprint density at radius 1 is 1.41 bits per heavy atom. The number of nitrogens with zero attached hydrogens (tertiary/aromatic N) is 3. The van der Waals surface area contributed by atoms with Gasteiger partial charge in [-0.15, -0.1) is 5.10 Å². The molecular formula is C10H11N3O3S. The normalized spacial score (nSPS) is 23.2. The van der Waals surface area contributed by atoms with Crippen LogP contribution in [-0.2, 0) is 9.84 Å². The number of aromatic hydroxyl groups is 1. The van der Waals surface area contributed by atoms with Crippen LogP contribution >= 0.6 is 0 Å². The zero-order chi connectivity index (χ0) is 12.0. The minimum absolute atomic E-state index is 0.0724. The van der Waals surface area contributed by atoms with E-state index in [0.717, 1.165) is 0 Å². The third-order valence-corrected chi connectivity index (χ3v) is 5.12. The van der Waals surface area contributed by atoms with Crippen molar-refractivity contribution in [3.05, 3.63) is 24.2 Å². The molecule has 1 saturated heterocycles. The molecule has 1 fully saturated rings. The molecule has 1 N–H and O–H groups in total. The molecule has 2 aromatic heterocycles. The predicted octanol–water partition coefficient (Wildman–Crippen LogP) is 0.685. The first-order chi connectivity index (χ1) is 8.06. The quantitative estimate of drug-likeness (QED) is 0.808. The fourth-order valence-electron chi connectivity index (χ4n) is 2.11. The summed E-state index contributed by atoms with van der Waals surface area (Å²) in [4.78, 5) is 4.19. The molecule has 3 rings (SSSR count). The van der Waals surface area contributed by atoms with E-state index in [0.29, 0.717) is 24.3 Å². The molecule has 1 unspecified atom stereocenters. The average molecular weight is 253 g/mol. The summed E-state index contributed by atoms with van der Waals surface area (Å²) in [5, 5.41) is 12.8. The first kappa shape index (κ1) is 10.5. The molecule has 0 amide bonds.